The molecule has 1 nitrogen and oxygen atoms in total. The van der Waals surface area contributed by atoms with Crippen molar-refractivity contribution in [3.8, 4) is 0 Å². The van der Waals surface area contributed by atoms with E-state index < -0.39 is 0 Å². The first-order valence-corrected chi connectivity index (χ1v) is 10.7. The second kappa shape index (κ2) is 12.4. The van der Waals surface area contributed by atoms with Crippen LogP contribution in [0.5, 0.6) is 0 Å². The summed E-state index contributed by atoms with van der Waals surface area (Å²) in [7, 11) is 0. The number of hydrogen-bond donors (Lipinski definition) is 0. The van der Waals surface area contributed by atoms with Crippen LogP contribution < -0.4 is 4.90 Å². The first kappa shape index (κ1) is 19.3. The largest absolute Gasteiger partial charge is 0.371 e. The fraction of sp³-hybridized carbons (Fsp3) is 0.739. The topological polar surface area (TPSA) is 3.24 Å². The molecule has 24 heavy (non-hydrogen) atoms. The molecule has 0 bridgehead atoms. The lowest BCUT2D eigenvalue weighted by atomic mass is 10.0. The van der Waals surface area contributed by atoms with E-state index in [9.17, 15) is 0 Å². The van der Waals surface area contributed by atoms with Gasteiger partial charge in [-0.15, -0.1) is 0 Å². The van der Waals surface area contributed by atoms with Gasteiger partial charge in [-0.3, -0.25) is 0 Å². The third-order valence-corrected chi connectivity index (χ3v) is 5.49. The van der Waals surface area contributed by atoms with Gasteiger partial charge in [0.15, 0.2) is 0 Å². The minimum absolute atomic E-state index is 1.26. The summed E-state index contributed by atoms with van der Waals surface area (Å²) in [5.74, 6) is 0. The van der Waals surface area contributed by atoms with Crippen molar-refractivity contribution in [3.05, 3.63) is 29.8 Å². The van der Waals surface area contributed by atoms with Crippen LogP contribution in [-0.2, 0) is 6.42 Å². The van der Waals surface area contributed by atoms with Crippen LogP contribution in [0.2, 0.25) is 0 Å². The summed E-state index contributed by atoms with van der Waals surface area (Å²) in [6, 6.07) is 9.00. The van der Waals surface area contributed by atoms with Crippen molar-refractivity contribution in [2.45, 2.75) is 96.8 Å². The zero-order valence-corrected chi connectivity index (χ0v) is 16.1. The van der Waals surface area contributed by atoms with E-state index in [4.69, 9.17) is 0 Å². The molecular formula is C23H39N. The van der Waals surface area contributed by atoms with Gasteiger partial charge in [-0.05, 0) is 30.9 Å². The van der Waals surface area contributed by atoms with Crippen LogP contribution in [0.15, 0.2) is 24.3 Å². The molecule has 1 heteroatoms. The molecule has 0 spiro atoms. The second-order valence-electron chi connectivity index (χ2n) is 7.61. The van der Waals surface area contributed by atoms with Gasteiger partial charge in [-0.25, -0.2) is 0 Å². The van der Waals surface area contributed by atoms with E-state index in [2.05, 4.69) is 36.1 Å². The Bertz CT molecular complexity index is 426. The van der Waals surface area contributed by atoms with Gasteiger partial charge in [0.1, 0.15) is 0 Å². The lowest BCUT2D eigenvalue weighted by molar-refractivity contribution is 0.541. The first-order valence-electron chi connectivity index (χ1n) is 10.7. The van der Waals surface area contributed by atoms with Gasteiger partial charge in [0.05, 0.1) is 0 Å². The molecule has 136 valence electrons. The molecule has 1 aromatic rings. The minimum Gasteiger partial charge on any atom is -0.371 e. The van der Waals surface area contributed by atoms with Gasteiger partial charge in [-0.2, -0.15) is 0 Å². The SMILES string of the molecule is CCCCCCCCCCCCCCN1CCCc2ccccc21. The number of anilines is 1. The predicted octanol–water partition coefficient (Wildman–Crippen LogP) is 7.14. The number of hydrogen-bond acceptors (Lipinski definition) is 1. The standard InChI is InChI=1S/C23H39N/c1-2-3-4-5-6-7-8-9-10-11-12-15-20-24-21-16-18-22-17-13-14-19-23(22)24/h13-14,17,19H,2-12,15-16,18,20-21H2,1H3. The summed E-state index contributed by atoms with van der Waals surface area (Å²) in [4.78, 5) is 2.62. The molecule has 0 amide bonds. The highest BCUT2D eigenvalue weighted by Crippen LogP contribution is 2.26. The monoisotopic (exact) mass is 329 g/mol. The van der Waals surface area contributed by atoms with E-state index in [1.165, 1.54) is 109 Å². The zero-order valence-electron chi connectivity index (χ0n) is 16.1. The Labute approximate surface area is 150 Å². The summed E-state index contributed by atoms with van der Waals surface area (Å²) < 4.78 is 0. The van der Waals surface area contributed by atoms with Crippen molar-refractivity contribution in [2.24, 2.45) is 0 Å². The molecule has 0 saturated carbocycles. The van der Waals surface area contributed by atoms with E-state index in [0.29, 0.717) is 0 Å². The van der Waals surface area contributed by atoms with E-state index in [1.54, 1.807) is 5.56 Å². The third-order valence-electron chi connectivity index (χ3n) is 5.49. The van der Waals surface area contributed by atoms with Gasteiger partial charge in [-0.1, -0.05) is 95.8 Å². The molecule has 0 fully saturated rings. The van der Waals surface area contributed by atoms with E-state index in [-0.39, 0.29) is 0 Å². The molecule has 1 aliphatic rings. The number of fused-ring (bicyclic) bond motifs is 1. The summed E-state index contributed by atoms with van der Waals surface area (Å²) in [5.41, 5.74) is 3.06. The number of benzene rings is 1. The Morgan fingerprint density at radius 1 is 0.750 bits per heavy atom. The molecule has 0 aromatic heterocycles. The molecule has 0 N–H and O–H groups in total. The summed E-state index contributed by atoms with van der Waals surface area (Å²) in [6.07, 6.45) is 19.8. The summed E-state index contributed by atoms with van der Waals surface area (Å²) >= 11 is 0. The Balaban J connectivity index is 1.44. The van der Waals surface area contributed by atoms with Gasteiger partial charge in [0.25, 0.3) is 0 Å². The molecular weight excluding hydrogens is 290 g/mol. The van der Waals surface area contributed by atoms with Gasteiger partial charge in [0.2, 0.25) is 0 Å². The Morgan fingerprint density at radius 2 is 1.33 bits per heavy atom. The molecule has 1 heterocycles. The van der Waals surface area contributed by atoms with Crippen LogP contribution in [0.25, 0.3) is 0 Å². The summed E-state index contributed by atoms with van der Waals surface area (Å²) in [5, 5.41) is 0. The average molecular weight is 330 g/mol. The lowest BCUT2D eigenvalue weighted by Gasteiger charge is -2.31. The van der Waals surface area contributed by atoms with Crippen LogP contribution in [0, 0.1) is 0 Å². The fourth-order valence-electron chi connectivity index (χ4n) is 3.99. The fourth-order valence-corrected chi connectivity index (χ4v) is 3.99. The normalized spacial score (nSPS) is 14.0. The zero-order chi connectivity index (χ0) is 16.9. The van der Waals surface area contributed by atoms with Crippen molar-refractivity contribution in [3.63, 3.8) is 0 Å². The van der Waals surface area contributed by atoms with Crippen LogP contribution in [0.1, 0.15) is 96.0 Å². The molecule has 0 atom stereocenters. The molecule has 2 rings (SSSR count). The van der Waals surface area contributed by atoms with Crippen LogP contribution in [-0.4, -0.2) is 13.1 Å². The first-order chi connectivity index (χ1) is 11.9. The van der Waals surface area contributed by atoms with Gasteiger partial charge in [0, 0.05) is 18.8 Å². The number of unbranched alkanes of at least 4 members (excludes halogenated alkanes) is 11. The maximum Gasteiger partial charge on any atom is 0.0398 e. The van der Waals surface area contributed by atoms with Crippen molar-refractivity contribution in [1.82, 2.24) is 0 Å². The van der Waals surface area contributed by atoms with E-state index >= 15 is 0 Å². The highest BCUT2D eigenvalue weighted by molar-refractivity contribution is 5.55. The average Bonchev–Trinajstić information content (AvgIpc) is 2.63. The Hall–Kier alpha value is -0.980. The number of rotatable bonds is 13. The third kappa shape index (κ3) is 7.28. The van der Waals surface area contributed by atoms with Crippen LogP contribution in [0.4, 0.5) is 5.69 Å². The second-order valence-corrected chi connectivity index (χ2v) is 7.61. The number of nitrogens with zero attached hydrogens (tertiary/aromatic N) is 1. The molecule has 1 aromatic carbocycles. The Kier molecular flexibility index (Phi) is 9.99. The number of aryl methyl sites for hydroxylation is 1. The molecule has 0 saturated heterocycles. The maximum atomic E-state index is 2.62. The maximum absolute atomic E-state index is 2.62. The van der Waals surface area contributed by atoms with E-state index in [1.807, 2.05) is 0 Å². The van der Waals surface area contributed by atoms with Gasteiger partial charge < -0.3 is 4.90 Å². The smallest absolute Gasteiger partial charge is 0.0398 e. The predicted molar refractivity (Wildman–Crippen MR) is 108 cm³/mol. The number of para-hydroxylation sites is 1. The minimum atomic E-state index is 1.26. The van der Waals surface area contributed by atoms with Crippen molar-refractivity contribution in [1.29, 1.82) is 0 Å². The quantitative estimate of drug-likeness (QED) is 0.348. The van der Waals surface area contributed by atoms with Crippen molar-refractivity contribution < 1.29 is 0 Å². The highest BCUT2D eigenvalue weighted by atomic mass is 15.1. The highest BCUT2D eigenvalue weighted by Gasteiger charge is 2.15. The van der Waals surface area contributed by atoms with Crippen LogP contribution >= 0.6 is 0 Å². The summed E-state index contributed by atoms with van der Waals surface area (Å²) in [6.45, 7) is 4.81. The molecule has 0 unspecified atom stereocenters. The van der Waals surface area contributed by atoms with Crippen molar-refractivity contribution in [2.75, 3.05) is 18.0 Å². The lowest BCUT2D eigenvalue weighted by Crippen LogP contribution is -2.30. The van der Waals surface area contributed by atoms with E-state index in [0.717, 1.165) is 0 Å². The van der Waals surface area contributed by atoms with Crippen molar-refractivity contribution >= 4 is 5.69 Å². The molecule has 1 aliphatic heterocycles. The molecule has 0 radical (unpaired) electrons. The Morgan fingerprint density at radius 3 is 2.00 bits per heavy atom. The molecule has 0 aliphatic carbocycles. The van der Waals surface area contributed by atoms with Gasteiger partial charge >= 0.3 is 0 Å². The van der Waals surface area contributed by atoms with Crippen LogP contribution in [0.3, 0.4) is 0 Å².